The number of methoxy groups -OCH3 is 1. The molecule has 0 fully saturated rings. The average molecular weight is 254 g/mol. The Kier molecular flexibility index (Phi) is 6.71. The maximum absolute atomic E-state index is 13.3. The zero-order valence-electron chi connectivity index (χ0n) is 9.70. The van der Waals surface area contributed by atoms with Gasteiger partial charge in [-0.25, -0.2) is 4.39 Å². The van der Waals surface area contributed by atoms with Crippen LogP contribution in [0, 0.1) is 17.7 Å². The fraction of sp³-hybridized carbons (Fsp3) is 0.385. The van der Waals surface area contributed by atoms with Gasteiger partial charge in [-0.15, -0.1) is 0 Å². The molecule has 0 bridgehead atoms. The first-order valence-corrected chi connectivity index (χ1v) is 6.37. The molecule has 0 atom stereocenters. The Morgan fingerprint density at radius 2 is 2.24 bits per heavy atom. The molecule has 17 heavy (non-hydrogen) atoms. The zero-order valence-corrected chi connectivity index (χ0v) is 10.5. The highest BCUT2D eigenvalue weighted by Gasteiger charge is 1.99. The van der Waals surface area contributed by atoms with E-state index in [2.05, 4.69) is 11.8 Å². The van der Waals surface area contributed by atoms with Gasteiger partial charge in [0, 0.05) is 24.2 Å². The number of rotatable bonds is 5. The number of hydrogen-bond acceptors (Lipinski definition) is 3. The van der Waals surface area contributed by atoms with Crippen molar-refractivity contribution in [2.24, 2.45) is 0 Å². The predicted molar refractivity (Wildman–Crippen MR) is 68.4 cm³/mol. The highest BCUT2D eigenvalue weighted by molar-refractivity contribution is 7.98. The molecule has 0 amide bonds. The lowest BCUT2D eigenvalue weighted by Gasteiger charge is -2.03. The molecule has 0 unspecified atom stereocenters. The van der Waals surface area contributed by atoms with Gasteiger partial charge in [-0.1, -0.05) is 11.8 Å². The molecule has 0 aliphatic heterocycles. The zero-order chi connectivity index (χ0) is 12.5. The second-order valence-corrected chi connectivity index (χ2v) is 4.46. The summed E-state index contributed by atoms with van der Waals surface area (Å²) in [5, 5.41) is 8.58. The largest absolute Gasteiger partial charge is 0.384 e. The third kappa shape index (κ3) is 5.73. The van der Waals surface area contributed by atoms with Crippen LogP contribution in [0.2, 0.25) is 0 Å². The Hall–Kier alpha value is -1.02. The Morgan fingerprint density at radius 3 is 2.94 bits per heavy atom. The smallest absolute Gasteiger partial charge is 0.124 e. The van der Waals surface area contributed by atoms with Gasteiger partial charge in [0.05, 0.1) is 6.61 Å². The second-order valence-electron chi connectivity index (χ2n) is 3.35. The van der Waals surface area contributed by atoms with Crippen LogP contribution in [0.5, 0.6) is 0 Å². The molecule has 1 aromatic rings. The van der Waals surface area contributed by atoms with E-state index in [9.17, 15) is 4.39 Å². The molecular formula is C13H15FO2S. The summed E-state index contributed by atoms with van der Waals surface area (Å²) in [5.41, 5.74) is 1.50. The van der Waals surface area contributed by atoms with E-state index < -0.39 is 0 Å². The van der Waals surface area contributed by atoms with E-state index in [0.29, 0.717) is 12.2 Å². The van der Waals surface area contributed by atoms with Crippen LogP contribution in [0.15, 0.2) is 18.2 Å². The molecule has 0 radical (unpaired) electrons. The van der Waals surface area contributed by atoms with Crippen molar-refractivity contribution in [1.29, 1.82) is 0 Å². The molecule has 0 heterocycles. The molecule has 2 nitrogen and oxygen atoms in total. The maximum atomic E-state index is 13.3. The van der Waals surface area contributed by atoms with Crippen molar-refractivity contribution in [3.63, 3.8) is 0 Å². The number of aliphatic hydroxyl groups excluding tert-OH is 1. The van der Waals surface area contributed by atoms with Crippen molar-refractivity contribution >= 4 is 11.8 Å². The summed E-state index contributed by atoms with van der Waals surface area (Å²) in [4.78, 5) is 0. The fourth-order valence-electron chi connectivity index (χ4n) is 1.28. The van der Waals surface area contributed by atoms with E-state index >= 15 is 0 Å². The van der Waals surface area contributed by atoms with Crippen molar-refractivity contribution in [2.75, 3.05) is 26.1 Å². The number of thioether (sulfide) groups is 1. The predicted octanol–water partition coefficient (Wildman–Crippen LogP) is 2.05. The Morgan fingerprint density at radius 1 is 1.41 bits per heavy atom. The number of benzene rings is 1. The highest BCUT2D eigenvalue weighted by atomic mass is 32.2. The number of ether oxygens (including phenoxy) is 1. The van der Waals surface area contributed by atoms with Gasteiger partial charge in [-0.3, -0.25) is 0 Å². The number of halogens is 1. The molecule has 0 saturated carbocycles. The summed E-state index contributed by atoms with van der Waals surface area (Å²) in [7, 11) is 1.66. The van der Waals surface area contributed by atoms with Crippen LogP contribution in [0.4, 0.5) is 4.39 Å². The van der Waals surface area contributed by atoms with E-state index in [1.807, 2.05) is 6.07 Å². The third-order valence-electron chi connectivity index (χ3n) is 1.97. The van der Waals surface area contributed by atoms with Crippen LogP contribution in [0.1, 0.15) is 11.1 Å². The normalized spacial score (nSPS) is 9.82. The van der Waals surface area contributed by atoms with Crippen molar-refractivity contribution in [1.82, 2.24) is 0 Å². The van der Waals surface area contributed by atoms with Crippen LogP contribution >= 0.6 is 11.8 Å². The SMILES string of the molecule is COCCSCc1cc(F)cc(C#CCO)c1. The summed E-state index contributed by atoms with van der Waals surface area (Å²) < 4.78 is 18.2. The first-order valence-electron chi connectivity index (χ1n) is 5.22. The van der Waals surface area contributed by atoms with Gasteiger partial charge < -0.3 is 9.84 Å². The molecule has 1 N–H and O–H groups in total. The molecule has 1 aromatic carbocycles. The van der Waals surface area contributed by atoms with Gasteiger partial charge in [-0.2, -0.15) is 11.8 Å². The van der Waals surface area contributed by atoms with Gasteiger partial charge >= 0.3 is 0 Å². The summed E-state index contributed by atoms with van der Waals surface area (Å²) in [6.07, 6.45) is 0. The average Bonchev–Trinajstić information content (AvgIpc) is 2.31. The topological polar surface area (TPSA) is 29.5 Å². The summed E-state index contributed by atoms with van der Waals surface area (Å²) in [6, 6.07) is 4.71. The summed E-state index contributed by atoms with van der Waals surface area (Å²) in [5.74, 6) is 6.53. The van der Waals surface area contributed by atoms with Gasteiger partial charge in [0.15, 0.2) is 0 Å². The molecule has 0 saturated heterocycles. The van der Waals surface area contributed by atoms with Crippen LogP contribution in [0.3, 0.4) is 0 Å². The number of aliphatic hydroxyl groups is 1. The molecule has 0 aromatic heterocycles. The van der Waals surface area contributed by atoms with Crippen molar-refractivity contribution in [3.05, 3.63) is 35.1 Å². The third-order valence-corrected chi connectivity index (χ3v) is 2.96. The number of hydrogen-bond donors (Lipinski definition) is 1. The molecule has 92 valence electrons. The van der Waals surface area contributed by atoms with E-state index in [4.69, 9.17) is 9.84 Å². The van der Waals surface area contributed by atoms with E-state index in [1.165, 1.54) is 12.1 Å². The highest BCUT2D eigenvalue weighted by Crippen LogP contribution is 2.15. The van der Waals surface area contributed by atoms with Crippen LogP contribution in [-0.4, -0.2) is 31.2 Å². The molecule has 0 spiro atoms. The molecule has 0 aliphatic rings. The molecule has 0 aliphatic carbocycles. The Balaban J connectivity index is 2.62. The maximum Gasteiger partial charge on any atom is 0.124 e. The lowest BCUT2D eigenvalue weighted by atomic mass is 10.1. The van der Waals surface area contributed by atoms with Gasteiger partial charge in [-0.05, 0) is 23.8 Å². The van der Waals surface area contributed by atoms with Crippen LogP contribution < -0.4 is 0 Å². The summed E-state index contributed by atoms with van der Waals surface area (Å²) in [6.45, 7) is 0.478. The van der Waals surface area contributed by atoms with Gasteiger partial charge in [0.1, 0.15) is 12.4 Å². The van der Waals surface area contributed by atoms with Crippen molar-refractivity contribution in [3.8, 4) is 11.8 Å². The minimum Gasteiger partial charge on any atom is -0.384 e. The standard InChI is InChI=1S/C13H15FO2S/c1-16-5-6-17-10-12-7-11(3-2-4-15)8-13(14)9-12/h7-9,15H,4-6,10H2,1H3. The Labute approximate surface area is 105 Å². The van der Waals surface area contributed by atoms with Crippen LogP contribution in [-0.2, 0) is 10.5 Å². The van der Waals surface area contributed by atoms with E-state index in [-0.39, 0.29) is 12.4 Å². The Bertz CT molecular complexity index is 410. The van der Waals surface area contributed by atoms with Gasteiger partial charge in [0.25, 0.3) is 0 Å². The lowest BCUT2D eigenvalue weighted by Crippen LogP contribution is -1.93. The van der Waals surface area contributed by atoms with E-state index in [1.54, 1.807) is 18.9 Å². The van der Waals surface area contributed by atoms with E-state index in [0.717, 1.165) is 17.1 Å². The van der Waals surface area contributed by atoms with Crippen LogP contribution in [0.25, 0.3) is 0 Å². The molecule has 4 heteroatoms. The molecular weight excluding hydrogens is 239 g/mol. The first kappa shape index (κ1) is 14.0. The fourth-order valence-corrected chi connectivity index (χ4v) is 2.11. The summed E-state index contributed by atoms with van der Waals surface area (Å²) >= 11 is 1.68. The minimum atomic E-state index is -0.294. The van der Waals surface area contributed by atoms with Crippen molar-refractivity contribution < 1.29 is 14.2 Å². The minimum absolute atomic E-state index is 0.214. The van der Waals surface area contributed by atoms with Crippen molar-refractivity contribution in [2.45, 2.75) is 5.75 Å². The quantitative estimate of drug-likeness (QED) is 0.644. The molecule has 1 rings (SSSR count). The monoisotopic (exact) mass is 254 g/mol. The lowest BCUT2D eigenvalue weighted by molar-refractivity contribution is 0.218. The first-order chi connectivity index (χ1) is 8.26. The second kappa shape index (κ2) is 8.13. The van der Waals surface area contributed by atoms with Gasteiger partial charge in [0.2, 0.25) is 0 Å².